The molecule has 0 aliphatic heterocycles. The van der Waals surface area contributed by atoms with Crippen LogP contribution >= 0.6 is 0 Å². The van der Waals surface area contributed by atoms with Gasteiger partial charge in [0.05, 0.1) is 6.61 Å². The zero-order valence-electron chi connectivity index (χ0n) is 11.6. The van der Waals surface area contributed by atoms with Crippen LogP contribution in [0.2, 0.25) is 0 Å². The SMILES string of the molecule is CCOC(=O)NC(C)(C)CCCC(C)(C)C. The standard InChI is InChI=1S/C13H27NO2/c1-7-16-11(15)14-13(5,6)10-8-9-12(2,3)4/h7-10H2,1-6H3,(H,14,15). The van der Waals surface area contributed by atoms with Gasteiger partial charge in [0.25, 0.3) is 0 Å². The molecular formula is C13H27NO2. The average Bonchev–Trinajstić information content (AvgIpc) is 1.99. The van der Waals surface area contributed by atoms with E-state index in [0.717, 1.165) is 12.8 Å². The van der Waals surface area contributed by atoms with Gasteiger partial charge in [-0.2, -0.15) is 0 Å². The van der Waals surface area contributed by atoms with Crippen molar-refractivity contribution in [3.8, 4) is 0 Å². The predicted octanol–water partition coefficient (Wildman–Crippen LogP) is 3.73. The first-order chi connectivity index (χ1) is 7.16. The Kier molecular flexibility index (Phi) is 5.84. The van der Waals surface area contributed by atoms with E-state index in [4.69, 9.17) is 4.74 Å². The summed E-state index contributed by atoms with van der Waals surface area (Å²) in [7, 11) is 0. The van der Waals surface area contributed by atoms with E-state index in [9.17, 15) is 4.79 Å². The van der Waals surface area contributed by atoms with Crippen molar-refractivity contribution in [2.24, 2.45) is 5.41 Å². The van der Waals surface area contributed by atoms with E-state index < -0.39 is 0 Å². The van der Waals surface area contributed by atoms with Crippen LogP contribution in [0.5, 0.6) is 0 Å². The number of rotatable bonds is 5. The lowest BCUT2D eigenvalue weighted by Crippen LogP contribution is -2.43. The van der Waals surface area contributed by atoms with Crippen LogP contribution in [0, 0.1) is 5.41 Å². The van der Waals surface area contributed by atoms with E-state index in [2.05, 4.69) is 26.1 Å². The topological polar surface area (TPSA) is 38.3 Å². The minimum absolute atomic E-state index is 0.183. The van der Waals surface area contributed by atoms with Gasteiger partial charge in [-0.25, -0.2) is 4.79 Å². The second-order valence-electron chi connectivity index (χ2n) is 6.14. The molecule has 0 bridgehead atoms. The molecule has 0 spiro atoms. The van der Waals surface area contributed by atoms with Gasteiger partial charge in [-0.15, -0.1) is 0 Å². The van der Waals surface area contributed by atoms with Crippen LogP contribution in [-0.4, -0.2) is 18.2 Å². The Morgan fingerprint density at radius 3 is 2.12 bits per heavy atom. The highest BCUT2D eigenvalue weighted by Gasteiger charge is 2.21. The second-order valence-corrected chi connectivity index (χ2v) is 6.14. The molecule has 0 aromatic carbocycles. The quantitative estimate of drug-likeness (QED) is 0.780. The zero-order chi connectivity index (χ0) is 12.8. The highest BCUT2D eigenvalue weighted by atomic mass is 16.5. The third-order valence-corrected chi connectivity index (χ3v) is 2.44. The molecule has 0 rings (SSSR count). The van der Waals surface area contributed by atoms with E-state index in [1.807, 2.05) is 20.8 Å². The van der Waals surface area contributed by atoms with Crippen molar-refractivity contribution >= 4 is 6.09 Å². The van der Waals surface area contributed by atoms with Crippen LogP contribution in [0.3, 0.4) is 0 Å². The van der Waals surface area contributed by atoms with E-state index in [1.54, 1.807) is 0 Å². The molecule has 16 heavy (non-hydrogen) atoms. The molecule has 0 fully saturated rings. The Labute approximate surface area is 99.9 Å². The lowest BCUT2D eigenvalue weighted by atomic mass is 9.86. The minimum atomic E-state index is -0.316. The molecule has 0 radical (unpaired) electrons. The fourth-order valence-corrected chi connectivity index (χ4v) is 1.57. The number of carbonyl (C=O) groups excluding carboxylic acids is 1. The summed E-state index contributed by atoms with van der Waals surface area (Å²) in [5.74, 6) is 0. The molecule has 3 nitrogen and oxygen atoms in total. The van der Waals surface area contributed by atoms with Gasteiger partial charge in [-0.3, -0.25) is 0 Å². The molecular weight excluding hydrogens is 202 g/mol. The Morgan fingerprint density at radius 2 is 1.69 bits per heavy atom. The minimum Gasteiger partial charge on any atom is -0.450 e. The number of ether oxygens (including phenoxy) is 1. The van der Waals surface area contributed by atoms with Crippen LogP contribution in [0.25, 0.3) is 0 Å². The molecule has 1 N–H and O–H groups in total. The summed E-state index contributed by atoms with van der Waals surface area (Å²) in [5, 5.41) is 2.88. The highest BCUT2D eigenvalue weighted by Crippen LogP contribution is 2.24. The maximum atomic E-state index is 11.3. The van der Waals surface area contributed by atoms with Crippen molar-refractivity contribution in [3.05, 3.63) is 0 Å². The molecule has 96 valence electrons. The van der Waals surface area contributed by atoms with Crippen molar-refractivity contribution in [1.29, 1.82) is 0 Å². The molecule has 1 amide bonds. The maximum Gasteiger partial charge on any atom is 0.407 e. The number of hydrogen-bond acceptors (Lipinski definition) is 2. The summed E-state index contributed by atoms with van der Waals surface area (Å²) >= 11 is 0. The molecule has 0 unspecified atom stereocenters. The van der Waals surface area contributed by atoms with Crippen molar-refractivity contribution in [1.82, 2.24) is 5.32 Å². The number of amides is 1. The van der Waals surface area contributed by atoms with E-state index in [1.165, 1.54) is 6.42 Å². The Hall–Kier alpha value is -0.730. The van der Waals surface area contributed by atoms with Gasteiger partial charge in [0.15, 0.2) is 0 Å². The van der Waals surface area contributed by atoms with Gasteiger partial charge >= 0.3 is 6.09 Å². The van der Waals surface area contributed by atoms with Crippen LogP contribution in [0.15, 0.2) is 0 Å². The largest absolute Gasteiger partial charge is 0.450 e. The first-order valence-electron chi connectivity index (χ1n) is 6.11. The van der Waals surface area contributed by atoms with Crippen LogP contribution in [-0.2, 0) is 4.74 Å². The lowest BCUT2D eigenvalue weighted by molar-refractivity contribution is 0.139. The highest BCUT2D eigenvalue weighted by molar-refractivity contribution is 5.68. The van der Waals surface area contributed by atoms with E-state index >= 15 is 0 Å². The van der Waals surface area contributed by atoms with Gasteiger partial charge in [0.1, 0.15) is 0 Å². The monoisotopic (exact) mass is 229 g/mol. The van der Waals surface area contributed by atoms with Gasteiger partial charge < -0.3 is 10.1 Å². The third-order valence-electron chi connectivity index (χ3n) is 2.44. The van der Waals surface area contributed by atoms with Crippen LogP contribution in [0.4, 0.5) is 4.79 Å². The summed E-state index contributed by atoms with van der Waals surface area (Å²) < 4.78 is 4.87. The second kappa shape index (κ2) is 6.12. The number of carbonyl (C=O) groups is 1. The van der Waals surface area contributed by atoms with E-state index in [0.29, 0.717) is 12.0 Å². The number of hydrogen-bond donors (Lipinski definition) is 1. The number of nitrogens with one attached hydrogen (secondary N) is 1. The van der Waals surface area contributed by atoms with Crippen molar-refractivity contribution in [3.63, 3.8) is 0 Å². The van der Waals surface area contributed by atoms with Gasteiger partial charge in [-0.1, -0.05) is 27.2 Å². The van der Waals surface area contributed by atoms with Crippen molar-refractivity contribution in [2.45, 2.75) is 66.3 Å². The normalized spacial score (nSPS) is 12.4. The molecule has 0 aliphatic carbocycles. The van der Waals surface area contributed by atoms with Gasteiger partial charge in [-0.05, 0) is 39.0 Å². The summed E-state index contributed by atoms with van der Waals surface area (Å²) in [6.45, 7) is 13.0. The summed E-state index contributed by atoms with van der Waals surface area (Å²) in [6.07, 6.45) is 2.94. The summed E-state index contributed by atoms with van der Waals surface area (Å²) in [4.78, 5) is 11.3. The first kappa shape index (κ1) is 15.3. The fraction of sp³-hybridized carbons (Fsp3) is 0.923. The molecule has 0 aromatic rings. The Morgan fingerprint density at radius 1 is 1.12 bits per heavy atom. The summed E-state index contributed by atoms with van der Waals surface area (Å²) in [5.41, 5.74) is 0.178. The van der Waals surface area contributed by atoms with E-state index in [-0.39, 0.29) is 11.6 Å². The number of alkyl carbamates (subject to hydrolysis) is 1. The average molecular weight is 229 g/mol. The maximum absolute atomic E-state index is 11.3. The van der Waals surface area contributed by atoms with Crippen molar-refractivity contribution in [2.75, 3.05) is 6.61 Å². The first-order valence-corrected chi connectivity index (χ1v) is 6.11. The fourth-order valence-electron chi connectivity index (χ4n) is 1.57. The molecule has 0 atom stereocenters. The lowest BCUT2D eigenvalue weighted by Gasteiger charge is -2.27. The molecule has 0 heterocycles. The molecule has 0 saturated heterocycles. The van der Waals surface area contributed by atoms with Crippen LogP contribution in [0.1, 0.15) is 60.8 Å². The molecule has 0 aliphatic rings. The van der Waals surface area contributed by atoms with Crippen molar-refractivity contribution < 1.29 is 9.53 Å². The summed E-state index contributed by atoms with van der Waals surface area (Å²) in [6, 6.07) is 0. The zero-order valence-corrected chi connectivity index (χ0v) is 11.6. The third kappa shape index (κ3) is 8.57. The molecule has 0 aromatic heterocycles. The predicted molar refractivity (Wildman–Crippen MR) is 67.5 cm³/mol. The Balaban J connectivity index is 3.91. The van der Waals surface area contributed by atoms with Crippen LogP contribution < -0.4 is 5.32 Å². The Bertz CT molecular complexity index is 216. The van der Waals surface area contributed by atoms with Gasteiger partial charge in [0, 0.05) is 5.54 Å². The molecule has 0 saturated carbocycles. The smallest absolute Gasteiger partial charge is 0.407 e. The molecule has 3 heteroatoms. The van der Waals surface area contributed by atoms with Gasteiger partial charge in [0.2, 0.25) is 0 Å².